The molecule has 0 aliphatic heterocycles. The Bertz CT molecular complexity index is 1250. The van der Waals surface area contributed by atoms with Gasteiger partial charge in [-0.3, -0.25) is 4.79 Å². The molecular formula is C26H26ClN3O4S. The van der Waals surface area contributed by atoms with E-state index in [-0.39, 0.29) is 18.0 Å². The molecule has 1 N–H and O–H groups in total. The van der Waals surface area contributed by atoms with Gasteiger partial charge in [-0.1, -0.05) is 54.6 Å². The van der Waals surface area contributed by atoms with Gasteiger partial charge in [-0.25, -0.2) is 13.8 Å². The molecule has 7 nitrogen and oxygen atoms in total. The largest absolute Gasteiger partial charge is 0.490 e. The highest BCUT2D eigenvalue weighted by Crippen LogP contribution is 2.19. The Morgan fingerprint density at radius 2 is 1.71 bits per heavy atom. The summed E-state index contributed by atoms with van der Waals surface area (Å²) in [5, 5.41) is 4.37. The Morgan fingerprint density at radius 3 is 2.37 bits per heavy atom. The second kappa shape index (κ2) is 12.9. The predicted octanol–water partition coefficient (Wildman–Crippen LogP) is 4.29. The van der Waals surface area contributed by atoms with Crippen LogP contribution in [0.3, 0.4) is 0 Å². The lowest BCUT2D eigenvalue weighted by atomic mass is 10.1. The van der Waals surface area contributed by atoms with Crippen LogP contribution in [0.15, 0.2) is 102 Å². The quantitative estimate of drug-likeness (QED) is 0.223. The van der Waals surface area contributed by atoms with Gasteiger partial charge in [-0.05, 0) is 66.1 Å². The lowest BCUT2D eigenvalue weighted by molar-refractivity contribution is -0.121. The van der Waals surface area contributed by atoms with Gasteiger partial charge in [0.15, 0.2) is 0 Å². The van der Waals surface area contributed by atoms with Gasteiger partial charge >= 0.3 is 0 Å². The highest BCUT2D eigenvalue weighted by molar-refractivity contribution is 7.89. The molecule has 0 heterocycles. The number of benzene rings is 3. The van der Waals surface area contributed by atoms with Crippen LogP contribution >= 0.6 is 11.6 Å². The lowest BCUT2D eigenvalue weighted by Gasteiger charge is -2.21. The lowest BCUT2D eigenvalue weighted by Crippen LogP contribution is -2.40. The fourth-order valence-corrected chi connectivity index (χ4v) is 4.64. The van der Waals surface area contributed by atoms with Crippen molar-refractivity contribution in [2.24, 2.45) is 5.10 Å². The summed E-state index contributed by atoms with van der Waals surface area (Å²) in [7, 11) is -3.93. The number of ether oxygens (including phenoxy) is 1. The van der Waals surface area contributed by atoms with Gasteiger partial charge in [-0.15, -0.1) is 0 Å². The molecule has 0 aromatic heterocycles. The van der Waals surface area contributed by atoms with Crippen molar-refractivity contribution in [1.82, 2.24) is 9.73 Å². The van der Waals surface area contributed by atoms with E-state index < -0.39 is 15.9 Å². The van der Waals surface area contributed by atoms with E-state index in [1.807, 2.05) is 30.3 Å². The van der Waals surface area contributed by atoms with Crippen molar-refractivity contribution in [3.63, 3.8) is 0 Å². The molecule has 0 bridgehead atoms. The molecule has 3 aromatic rings. The van der Waals surface area contributed by atoms with Crippen LogP contribution in [-0.2, 0) is 21.2 Å². The van der Waals surface area contributed by atoms with Gasteiger partial charge in [-0.2, -0.15) is 9.41 Å². The Morgan fingerprint density at radius 1 is 1.03 bits per heavy atom. The number of nitrogens with zero attached hydrogens (tertiary/aromatic N) is 2. The maximum Gasteiger partial charge on any atom is 0.255 e. The third-order valence-electron chi connectivity index (χ3n) is 4.91. The Kier molecular flexibility index (Phi) is 9.60. The number of hydrazone groups is 1. The van der Waals surface area contributed by atoms with Gasteiger partial charge < -0.3 is 4.74 Å². The van der Waals surface area contributed by atoms with Crippen LogP contribution in [0.4, 0.5) is 0 Å². The van der Waals surface area contributed by atoms with E-state index in [1.54, 1.807) is 30.3 Å². The van der Waals surface area contributed by atoms with Crippen LogP contribution in [0, 0.1) is 0 Å². The first-order chi connectivity index (χ1) is 16.9. The van der Waals surface area contributed by atoms with Crippen LogP contribution in [0.5, 0.6) is 5.75 Å². The minimum absolute atomic E-state index is 0.0602. The van der Waals surface area contributed by atoms with Crippen molar-refractivity contribution in [2.45, 2.75) is 11.3 Å². The molecule has 0 aliphatic rings. The SMILES string of the molecule is C=CCOc1ccc(C=NNC(=O)CN(CCc2ccccc2)S(=O)(=O)c2ccc(Cl)cc2)cc1. The normalized spacial score (nSPS) is 11.5. The summed E-state index contributed by atoms with van der Waals surface area (Å²) in [4.78, 5) is 12.6. The van der Waals surface area contributed by atoms with Crippen molar-refractivity contribution < 1.29 is 17.9 Å². The fraction of sp³-hybridized carbons (Fsp3) is 0.154. The average molecular weight is 512 g/mol. The number of sulfonamides is 1. The third kappa shape index (κ3) is 8.06. The zero-order valence-corrected chi connectivity index (χ0v) is 20.6. The summed E-state index contributed by atoms with van der Waals surface area (Å²) in [6.07, 6.45) is 3.57. The number of rotatable bonds is 12. The Balaban J connectivity index is 1.67. The summed E-state index contributed by atoms with van der Waals surface area (Å²) >= 11 is 5.91. The molecule has 3 rings (SSSR count). The highest BCUT2D eigenvalue weighted by atomic mass is 35.5. The first kappa shape index (κ1) is 26.2. The second-order valence-corrected chi connectivity index (χ2v) is 9.86. The predicted molar refractivity (Wildman–Crippen MR) is 138 cm³/mol. The number of carbonyl (C=O) groups is 1. The molecule has 0 aliphatic carbocycles. The van der Waals surface area contributed by atoms with Crippen LogP contribution in [0.2, 0.25) is 5.02 Å². The molecule has 9 heteroatoms. The van der Waals surface area contributed by atoms with Crippen molar-refractivity contribution >= 4 is 33.7 Å². The van der Waals surface area contributed by atoms with E-state index >= 15 is 0 Å². The van der Waals surface area contributed by atoms with Crippen LogP contribution in [0.1, 0.15) is 11.1 Å². The van der Waals surface area contributed by atoms with Crippen molar-refractivity contribution in [3.8, 4) is 5.75 Å². The molecule has 0 atom stereocenters. The molecule has 0 saturated carbocycles. The first-order valence-corrected chi connectivity index (χ1v) is 12.7. The summed E-state index contributed by atoms with van der Waals surface area (Å²) in [6, 6.07) is 22.4. The summed E-state index contributed by atoms with van der Waals surface area (Å²) < 4.78 is 33.1. The van der Waals surface area contributed by atoms with Crippen LogP contribution in [0.25, 0.3) is 0 Å². The smallest absolute Gasteiger partial charge is 0.255 e. The van der Waals surface area contributed by atoms with Gasteiger partial charge in [0.2, 0.25) is 10.0 Å². The molecule has 0 unspecified atom stereocenters. The first-order valence-electron chi connectivity index (χ1n) is 10.8. The fourth-order valence-electron chi connectivity index (χ4n) is 3.12. The molecule has 0 saturated heterocycles. The molecule has 182 valence electrons. The summed E-state index contributed by atoms with van der Waals surface area (Å²) in [6.45, 7) is 3.74. The standard InChI is InChI=1S/C26H26ClN3O4S/c1-2-18-34-24-12-8-22(9-13-24)19-28-29-26(31)20-30(17-16-21-6-4-3-5-7-21)35(32,33)25-14-10-23(27)11-15-25/h2-15,19H,1,16-18,20H2,(H,29,31). The zero-order valence-electron chi connectivity index (χ0n) is 19.0. The van der Waals surface area contributed by atoms with E-state index in [2.05, 4.69) is 17.1 Å². The van der Waals surface area contributed by atoms with E-state index in [0.717, 1.165) is 15.4 Å². The minimum Gasteiger partial charge on any atom is -0.490 e. The van der Waals surface area contributed by atoms with Gasteiger partial charge in [0, 0.05) is 11.6 Å². The molecule has 3 aromatic carbocycles. The minimum atomic E-state index is -3.93. The van der Waals surface area contributed by atoms with E-state index in [0.29, 0.717) is 23.8 Å². The molecule has 1 amide bonds. The van der Waals surface area contributed by atoms with Crippen LogP contribution < -0.4 is 10.2 Å². The number of carbonyl (C=O) groups excluding carboxylic acids is 1. The highest BCUT2D eigenvalue weighted by Gasteiger charge is 2.26. The van der Waals surface area contributed by atoms with Gasteiger partial charge in [0.05, 0.1) is 17.7 Å². The van der Waals surface area contributed by atoms with Crippen molar-refractivity contribution in [1.29, 1.82) is 0 Å². The Labute approximate surface area is 210 Å². The van der Waals surface area contributed by atoms with Gasteiger partial charge in [0.1, 0.15) is 12.4 Å². The molecule has 35 heavy (non-hydrogen) atoms. The number of hydrogen-bond donors (Lipinski definition) is 1. The third-order valence-corrected chi connectivity index (χ3v) is 7.03. The van der Waals surface area contributed by atoms with Gasteiger partial charge in [0.25, 0.3) is 5.91 Å². The van der Waals surface area contributed by atoms with E-state index in [4.69, 9.17) is 16.3 Å². The molecule has 0 radical (unpaired) electrons. The monoisotopic (exact) mass is 511 g/mol. The number of nitrogens with one attached hydrogen (secondary N) is 1. The topological polar surface area (TPSA) is 88.1 Å². The molecule has 0 spiro atoms. The molecule has 0 fully saturated rings. The van der Waals surface area contributed by atoms with Crippen LogP contribution in [-0.4, -0.2) is 44.5 Å². The second-order valence-electron chi connectivity index (χ2n) is 7.49. The molecular weight excluding hydrogens is 486 g/mol. The maximum absolute atomic E-state index is 13.2. The van der Waals surface area contributed by atoms with Crippen molar-refractivity contribution in [3.05, 3.63) is 108 Å². The summed E-state index contributed by atoms with van der Waals surface area (Å²) in [5.74, 6) is 0.130. The van der Waals surface area contributed by atoms with Crippen molar-refractivity contribution in [2.75, 3.05) is 19.7 Å². The number of halogens is 1. The number of hydrogen-bond acceptors (Lipinski definition) is 5. The number of amides is 1. The van der Waals surface area contributed by atoms with E-state index in [9.17, 15) is 13.2 Å². The zero-order chi connectivity index (χ0) is 25.1. The maximum atomic E-state index is 13.2. The summed E-state index contributed by atoms with van der Waals surface area (Å²) in [5.41, 5.74) is 4.10. The van der Waals surface area contributed by atoms with E-state index in [1.165, 1.54) is 30.5 Å². The Hall–Kier alpha value is -3.46. The average Bonchev–Trinajstić information content (AvgIpc) is 2.87.